The van der Waals surface area contributed by atoms with E-state index in [1.807, 2.05) is 6.07 Å². The van der Waals surface area contributed by atoms with E-state index < -0.39 is 5.97 Å². The van der Waals surface area contributed by atoms with E-state index in [1.165, 1.54) is 11.1 Å². The number of fused-ring (bicyclic) bond motifs is 1. The number of hydrogen-bond donors (Lipinski definition) is 1. The number of carbonyl (C=O) groups excluding carboxylic acids is 2. The van der Waals surface area contributed by atoms with Gasteiger partial charge in [-0.15, -0.1) is 0 Å². The summed E-state index contributed by atoms with van der Waals surface area (Å²) in [6.45, 7) is 3.97. The van der Waals surface area contributed by atoms with E-state index in [-0.39, 0.29) is 24.6 Å². The first-order valence-corrected chi connectivity index (χ1v) is 10.4. The first-order valence-electron chi connectivity index (χ1n) is 10.4. The van der Waals surface area contributed by atoms with Gasteiger partial charge in [0, 0.05) is 12.6 Å². The lowest BCUT2D eigenvalue weighted by molar-refractivity contribution is 0.0525. The van der Waals surface area contributed by atoms with Crippen LogP contribution in [0.5, 0.6) is 0 Å². The molecule has 1 amide bonds. The van der Waals surface area contributed by atoms with E-state index in [4.69, 9.17) is 4.74 Å². The molecule has 0 aliphatic heterocycles. The van der Waals surface area contributed by atoms with Gasteiger partial charge in [0.25, 0.3) is 11.5 Å². The number of para-hydroxylation sites is 1. The summed E-state index contributed by atoms with van der Waals surface area (Å²) in [6.07, 6.45) is 1.47. The van der Waals surface area contributed by atoms with Crippen molar-refractivity contribution in [1.82, 2.24) is 24.6 Å². The van der Waals surface area contributed by atoms with Gasteiger partial charge in [-0.05, 0) is 50.2 Å². The molecular weight excluding hydrogens is 422 g/mol. The maximum Gasteiger partial charge on any atom is 0.341 e. The van der Waals surface area contributed by atoms with Gasteiger partial charge in [0.15, 0.2) is 0 Å². The quantitative estimate of drug-likeness (QED) is 0.457. The molecular formula is C24H23N5O4. The van der Waals surface area contributed by atoms with Crippen LogP contribution in [0.25, 0.3) is 16.6 Å². The number of nitrogens with one attached hydrogen (secondary N) is 1. The molecule has 0 bridgehead atoms. The molecule has 0 radical (unpaired) electrons. The Kier molecular flexibility index (Phi) is 6.03. The topological polar surface area (TPSA) is 110 Å². The number of rotatable bonds is 6. The maximum absolute atomic E-state index is 12.9. The van der Waals surface area contributed by atoms with Crippen LogP contribution in [0, 0.1) is 6.92 Å². The summed E-state index contributed by atoms with van der Waals surface area (Å²) < 4.78 is 6.66. The van der Waals surface area contributed by atoms with E-state index in [0.29, 0.717) is 39.2 Å². The van der Waals surface area contributed by atoms with Crippen molar-refractivity contribution in [2.45, 2.75) is 20.4 Å². The Morgan fingerprint density at radius 2 is 1.85 bits per heavy atom. The molecule has 0 atom stereocenters. The number of benzene rings is 2. The minimum absolute atomic E-state index is 0.155. The molecule has 9 heteroatoms. The van der Waals surface area contributed by atoms with Crippen molar-refractivity contribution < 1.29 is 14.3 Å². The highest BCUT2D eigenvalue weighted by molar-refractivity contribution is 5.94. The fourth-order valence-electron chi connectivity index (χ4n) is 3.55. The summed E-state index contributed by atoms with van der Waals surface area (Å²) in [5, 5.41) is 4.77. The third-order valence-electron chi connectivity index (χ3n) is 5.26. The van der Waals surface area contributed by atoms with Crippen molar-refractivity contribution in [3.8, 4) is 5.69 Å². The van der Waals surface area contributed by atoms with Gasteiger partial charge >= 0.3 is 5.97 Å². The molecule has 4 rings (SSSR count). The predicted octanol–water partition coefficient (Wildman–Crippen LogP) is 2.87. The number of aromatic nitrogens is 4. The second-order valence-electron chi connectivity index (χ2n) is 7.51. The number of carbonyl (C=O) groups is 2. The van der Waals surface area contributed by atoms with Crippen LogP contribution >= 0.6 is 0 Å². The van der Waals surface area contributed by atoms with Gasteiger partial charge in [-0.3, -0.25) is 9.59 Å². The van der Waals surface area contributed by atoms with Gasteiger partial charge in [-0.25, -0.2) is 14.5 Å². The summed E-state index contributed by atoms with van der Waals surface area (Å²) >= 11 is 0. The summed E-state index contributed by atoms with van der Waals surface area (Å²) in [7, 11) is 1.65. The van der Waals surface area contributed by atoms with Crippen molar-refractivity contribution in [2.75, 3.05) is 13.7 Å². The molecule has 0 aliphatic rings. The van der Waals surface area contributed by atoms with E-state index >= 15 is 0 Å². The molecule has 0 saturated carbocycles. The van der Waals surface area contributed by atoms with Gasteiger partial charge in [-0.1, -0.05) is 12.1 Å². The van der Waals surface area contributed by atoms with Crippen LogP contribution in [0.1, 0.15) is 39.2 Å². The van der Waals surface area contributed by atoms with Crippen LogP contribution in [0.4, 0.5) is 0 Å². The lowest BCUT2D eigenvalue weighted by Gasteiger charge is -2.17. The number of aromatic amines is 1. The average molecular weight is 445 g/mol. The second kappa shape index (κ2) is 9.07. The molecule has 168 valence electrons. The molecule has 33 heavy (non-hydrogen) atoms. The fourth-order valence-corrected chi connectivity index (χ4v) is 3.55. The van der Waals surface area contributed by atoms with Crippen molar-refractivity contribution in [3.05, 3.63) is 87.7 Å². The fraction of sp³-hybridized carbons (Fsp3) is 0.208. The predicted molar refractivity (Wildman–Crippen MR) is 122 cm³/mol. The van der Waals surface area contributed by atoms with Gasteiger partial charge < -0.3 is 14.6 Å². The SMILES string of the molecule is CCOC(=O)c1cnn(-c2ccc(C(=O)N(C)Cc3nc4ccccc4c(=O)[nH]3)cc2)c1C. The van der Waals surface area contributed by atoms with Gasteiger partial charge in [0.2, 0.25) is 0 Å². The number of ether oxygens (including phenoxy) is 1. The molecule has 2 aromatic carbocycles. The van der Waals surface area contributed by atoms with Crippen LogP contribution < -0.4 is 5.56 Å². The smallest absolute Gasteiger partial charge is 0.341 e. The van der Waals surface area contributed by atoms with Crippen molar-refractivity contribution in [1.29, 1.82) is 0 Å². The van der Waals surface area contributed by atoms with Crippen molar-refractivity contribution >= 4 is 22.8 Å². The number of H-pyrrole nitrogens is 1. The van der Waals surface area contributed by atoms with Crippen molar-refractivity contribution in [3.63, 3.8) is 0 Å². The first kappa shape index (κ1) is 21.9. The van der Waals surface area contributed by atoms with Crippen LogP contribution in [0.2, 0.25) is 0 Å². The van der Waals surface area contributed by atoms with E-state index in [0.717, 1.165) is 0 Å². The summed E-state index contributed by atoms with van der Waals surface area (Å²) in [5.41, 5.74) is 2.57. The highest BCUT2D eigenvalue weighted by atomic mass is 16.5. The monoisotopic (exact) mass is 445 g/mol. The van der Waals surface area contributed by atoms with Gasteiger partial charge in [-0.2, -0.15) is 5.10 Å². The Hall–Kier alpha value is -4.27. The normalized spacial score (nSPS) is 10.9. The van der Waals surface area contributed by atoms with Crippen LogP contribution in [-0.4, -0.2) is 50.2 Å². The zero-order valence-electron chi connectivity index (χ0n) is 18.5. The maximum atomic E-state index is 12.9. The Bertz CT molecular complexity index is 1390. The van der Waals surface area contributed by atoms with Crippen LogP contribution in [0.3, 0.4) is 0 Å². The van der Waals surface area contributed by atoms with E-state index in [1.54, 1.807) is 68.0 Å². The number of esters is 1. The van der Waals surface area contributed by atoms with E-state index in [9.17, 15) is 14.4 Å². The third-order valence-corrected chi connectivity index (χ3v) is 5.26. The molecule has 0 unspecified atom stereocenters. The van der Waals surface area contributed by atoms with Crippen LogP contribution in [-0.2, 0) is 11.3 Å². The summed E-state index contributed by atoms with van der Waals surface area (Å²) in [4.78, 5) is 45.9. The average Bonchev–Trinajstić information content (AvgIpc) is 3.20. The van der Waals surface area contributed by atoms with E-state index in [2.05, 4.69) is 15.1 Å². The summed E-state index contributed by atoms with van der Waals surface area (Å²) in [6, 6.07) is 14.0. The van der Waals surface area contributed by atoms with Gasteiger partial charge in [0.05, 0.1) is 41.6 Å². The van der Waals surface area contributed by atoms with Crippen LogP contribution in [0.15, 0.2) is 59.5 Å². The zero-order chi connectivity index (χ0) is 23.5. The molecule has 0 fully saturated rings. The molecule has 9 nitrogen and oxygen atoms in total. The molecule has 2 heterocycles. The standard InChI is InChI=1S/C24H23N5O4/c1-4-33-24(32)19-13-25-29(15(19)2)17-11-9-16(10-12-17)23(31)28(3)14-21-26-20-8-6-5-7-18(20)22(30)27-21/h5-13H,4,14H2,1-3H3,(H,26,27,30). The number of hydrogen-bond acceptors (Lipinski definition) is 6. The molecule has 0 spiro atoms. The molecule has 2 aromatic heterocycles. The zero-order valence-corrected chi connectivity index (χ0v) is 18.5. The van der Waals surface area contributed by atoms with Gasteiger partial charge in [0.1, 0.15) is 11.4 Å². The first-order chi connectivity index (χ1) is 15.9. The molecule has 1 N–H and O–H groups in total. The minimum Gasteiger partial charge on any atom is -0.462 e. The lowest BCUT2D eigenvalue weighted by Crippen LogP contribution is -2.28. The summed E-state index contributed by atoms with van der Waals surface area (Å²) in [5.74, 6) is -0.235. The Labute approximate surface area is 189 Å². The number of nitrogens with zero attached hydrogens (tertiary/aromatic N) is 4. The molecule has 4 aromatic rings. The Morgan fingerprint density at radius 1 is 1.12 bits per heavy atom. The molecule has 0 saturated heterocycles. The Balaban J connectivity index is 1.51. The highest BCUT2D eigenvalue weighted by Gasteiger charge is 2.17. The highest BCUT2D eigenvalue weighted by Crippen LogP contribution is 2.17. The third kappa shape index (κ3) is 4.38. The second-order valence-corrected chi connectivity index (χ2v) is 7.51. The van der Waals surface area contributed by atoms with Crippen molar-refractivity contribution in [2.24, 2.45) is 0 Å². The largest absolute Gasteiger partial charge is 0.462 e. The molecule has 0 aliphatic carbocycles. The Morgan fingerprint density at radius 3 is 2.58 bits per heavy atom. The number of amides is 1. The minimum atomic E-state index is -0.421. The lowest BCUT2D eigenvalue weighted by atomic mass is 10.1.